The quantitative estimate of drug-likeness (QED) is 0.174. The van der Waals surface area contributed by atoms with Gasteiger partial charge in [-0.25, -0.2) is 9.97 Å². The molecule has 1 aliphatic rings. The zero-order valence-electron chi connectivity index (χ0n) is 22.1. The van der Waals surface area contributed by atoms with Crippen LogP contribution >= 0.6 is 0 Å². The van der Waals surface area contributed by atoms with E-state index >= 15 is 0 Å². The van der Waals surface area contributed by atoms with E-state index in [1.165, 1.54) is 18.3 Å². The maximum atomic E-state index is 12.1. The van der Waals surface area contributed by atoms with Crippen LogP contribution in [0.2, 0.25) is 0 Å². The second kappa shape index (κ2) is 13.0. The Balaban J connectivity index is 1.43. The molecule has 0 bridgehead atoms. The first kappa shape index (κ1) is 27.8. The predicted octanol–water partition coefficient (Wildman–Crippen LogP) is 2.15. The molecule has 1 saturated heterocycles. The van der Waals surface area contributed by atoms with Gasteiger partial charge >= 0.3 is 0 Å². The topological polar surface area (TPSA) is 168 Å². The molecule has 1 atom stereocenters. The van der Waals surface area contributed by atoms with E-state index in [-0.39, 0.29) is 35.8 Å². The Kier molecular flexibility index (Phi) is 9.04. The van der Waals surface area contributed by atoms with Gasteiger partial charge in [-0.05, 0) is 55.7 Å². The Morgan fingerprint density at radius 3 is 2.75 bits per heavy atom. The fourth-order valence-corrected chi connectivity index (χ4v) is 4.31. The van der Waals surface area contributed by atoms with Crippen molar-refractivity contribution in [2.45, 2.75) is 19.4 Å². The maximum absolute atomic E-state index is 12.1. The van der Waals surface area contributed by atoms with Crippen molar-refractivity contribution in [2.24, 2.45) is 5.73 Å². The molecule has 2 aromatic heterocycles. The van der Waals surface area contributed by atoms with Gasteiger partial charge in [-0.15, -0.1) is 0 Å². The number of para-hydroxylation sites is 1. The van der Waals surface area contributed by atoms with Crippen molar-refractivity contribution in [2.75, 3.05) is 31.1 Å². The average Bonchev–Trinajstić information content (AvgIpc) is 3.15. The molecule has 204 valence electrons. The number of nitrogens with two attached hydrogens (primary N) is 1. The molecule has 0 saturated carbocycles. The smallest absolute Gasteiger partial charge is 0.253 e. The van der Waals surface area contributed by atoms with Crippen LogP contribution in [0, 0.1) is 22.7 Å². The van der Waals surface area contributed by atoms with Crippen molar-refractivity contribution in [1.29, 1.82) is 10.8 Å². The number of nitrogens with one attached hydrogen (secondary N) is 3. The molecule has 0 radical (unpaired) electrons. The number of carbonyl (C=O) groups excluding carboxylic acids is 1. The Bertz CT molecular complexity index is 1480. The number of pyridine rings is 1. The summed E-state index contributed by atoms with van der Waals surface area (Å²) in [7, 11) is 0. The van der Waals surface area contributed by atoms with E-state index in [4.69, 9.17) is 16.6 Å². The zero-order chi connectivity index (χ0) is 28.5. The predicted molar refractivity (Wildman–Crippen MR) is 153 cm³/mol. The molecule has 1 fully saturated rings. The summed E-state index contributed by atoms with van der Waals surface area (Å²) in [5, 5.41) is 29.5. The number of hydrogen-bond donors (Lipinski definition) is 5. The van der Waals surface area contributed by atoms with Crippen LogP contribution in [0.25, 0.3) is 0 Å². The number of nitrogens with zero attached hydrogens (tertiary/aromatic N) is 5. The van der Waals surface area contributed by atoms with E-state index < -0.39 is 0 Å². The van der Waals surface area contributed by atoms with E-state index in [1.54, 1.807) is 42.7 Å². The van der Waals surface area contributed by atoms with E-state index in [9.17, 15) is 9.90 Å². The summed E-state index contributed by atoms with van der Waals surface area (Å²) in [5.74, 6) is 6.47. The molecule has 6 N–H and O–H groups in total. The number of aromatic nitrogens is 3. The third-order valence-corrected chi connectivity index (χ3v) is 6.45. The minimum Gasteiger partial charge on any atom is -0.507 e. The number of carbonyl (C=O) groups is 1. The SMILES string of the molecule is CC1CCN(/C(=C/C(=N)c2ccccc2O)C(=N)N)CCN1c1ccnc(C#CCNC(=O)c2cccnc2)n1. The number of allylic oxidation sites excluding steroid dienone is 1. The second-order valence-corrected chi connectivity index (χ2v) is 9.16. The molecular weight excluding hydrogens is 506 g/mol. The van der Waals surface area contributed by atoms with E-state index in [1.807, 2.05) is 11.0 Å². The van der Waals surface area contributed by atoms with E-state index in [0.29, 0.717) is 42.3 Å². The lowest BCUT2D eigenvalue weighted by Crippen LogP contribution is -2.37. The summed E-state index contributed by atoms with van der Waals surface area (Å²) >= 11 is 0. The Hall–Kier alpha value is -5.24. The van der Waals surface area contributed by atoms with Gasteiger partial charge in [0.15, 0.2) is 0 Å². The lowest BCUT2D eigenvalue weighted by Gasteiger charge is -2.28. The largest absolute Gasteiger partial charge is 0.507 e. The van der Waals surface area contributed by atoms with Crippen molar-refractivity contribution in [3.05, 3.63) is 89.8 Å². The third kappa shape index (κ3) is 6.99. The van der Waals surface area contributed by atoms with Crippen LogP contribution in [0.5, 0.6) is 5.75 Å². The van der Waals surface area contributed by atoms with E-state index in [0.717, 1.165) is 12.2 Å². The molecule has 1 aliphatic heterocycles. The fourth-order valence-electron chi connectivity index (χ4n) is 4.31. The Morgan fingerprint density at radius 2 is 2.00 bits per heavy atom. The number of phenols is 1. The first-order chi connectivity index (χ1) is 19.3. The second-order valence-electron chi connectivity index (χ2n) is 9.16. The summed E-state index contributed by atoms with van der Waals surface area (Å²) in [6.07, 6.45) is 7.05. The van der Waals surface area contributed by atoms with Gasteiger partial charge in [-0.1, -0.05) is 18.1 Å². The van der Waals surface area contributed by atoms with Gasteiger partial charge in [0.1, 0.15) is 17.4 Å². The van der Waals surface area contributed by atoms with Gasteiger partial charge < -0.3 is 31.4 Å². The molecule has 0 aliphatic carbocycles. The number of amidine groups is 1. The van der Waals surface area contributed by atoms with Gasteiger partial charge in [0.05, 0.1) is 23.5 Å². The molecule has 0 spiro atoms. The summed E-state index contributed by atoms with van der Waals surface area (Å²) in [6.45, 7) is 4.03. The van der Waals surface area contributed by atoms with Crippen LogP contribution in [-0.4, -0.2) is 74.6 Å². The van der Waals surface area contributed by atoms with Gasteiger partial charge in [-0.2, -0.15) is 0 Å². The highest BCUT2D eigenvalue weighted by atomic mass is 16.3. The van der Waals surface area contributed by atoms with Crippen molar-refractivity contribution < 1.29 is 9.90 Å². The minimum absolute atomic E-state index is 0.000792. The number of phenolic OH excluding ortho intramolecular Hbond substituents is 1. The maximum Gasteiger partial charge on any atom is 0.253 e. The van der Waals surface area contributed by atoms with Crippen molar-refractivity contribution in [3.8, 4) is 17.6 Å². The number of hydrogen-bond acceptors (Lipinski definition) is 9. The fraction of sp³-hybridized carbons (Fsp3) is 0.241. The molecule has 40 heavy (non-hydrogen) atoms. The molecule has 1 aromatic carbocycles. The number of amides is 1. The normalized spacial score (nSPS) is 15.4. The summed E-state index contributed by atoms with van der Waals surface area (Å²) in [6, 6.07) is 12.0. The third-order valence-electron chi connectivity index (χ3n) is 6.45. The average molecular weight is 538 g/mol. The first-order valence-corrected chi connectivity index (χ1v) is 12.8. The number of aromatic hydroxyl groups is 1. The monoisotopic (exact) mass is 537 g/mol. The lowest BCUT2D eigenvalue weighted by atomic mass is 10.1. The Morgan fingerprint density at radius 1 is 1.18 bits per heavy atom. The summed E-state index contributed by atoms with van der Waals surface area (Å²) in [5.41, 5.74) is 7.28. The lowest BCUT2D eigenvalue weighted by molar-refractivity contribution is 0.0958. The van der Waals surface area contributed by atoms with Crippen LogP contribution in [0.15, 0.2) is 72.8 Å². The molecular formula is C29H31N9O2. The van der Waals surface area contributed by atoms with Gasteiger partial charge in [-0.3, -0.25) is 15.2 Å². The van der Waals surface area contributed by atoms with Crippen LogP contribution < -0.4 is 16.0 Å². The van der Waals surface area contributed by atoms with Crippen LogP contribution in [-0.2, 0) is 0 Å². The van der Waals surface area contributed by atoms with Crippen molar-refractivity contribution >= 4 is 23.3 Å². The standard InChI is InChI=1S/C29H31N9O2/c1-20-11-15-37(24(28(31)32)18-23(30)22-7-2-3-8-25(22)39)16-17-38(20)27-10-14-34-26(36-27)9-5-13-35-29(40)21-6-4-12-33-19-21/h2-4,6-8,10,12,14,18-20,30,39H,11,13,15-17H2,1H3,(H3,31,32)(H,35,40)/b24-18+,30-23?. The van der Waals surface area contributed by atoms with Gasteiger partial charge in [0, 0.05) is 49.8 Å². The molecule has 3 heterocycles. The summed E-state index contributed by atoms with van der Waals surface area (Å²) < 4.78 is 0. The number of anilines is 1. The van der Waals surface area contributed by atoms with Gasteiger partial charge in [0.2, 0.25) is 5.82 Å². The highest BCUT2D eigenvalue weighted by Gasteiger charge is 2.24. The van der Waals surface area contributed by atoms with Crippen LogP contribution in [0.4, 0.5) is 5.82 Å². The molecule has 1 amide bonds. The van der Waals surface area contributed by atoms with E-state index in [2.05, 4.69) is 43.9 Å². The van der Waals surface area contributed by atoms with Gasteiger partial charge in [0.25, 0.3) is 5.91 Å². The molecule has 1 unspecified atom stereocenters. The molecule has 11 nitrogen and oxygen atoms in total. The number of benzene rings is 1. The van der Waals surface area contributed by atoms with Crippen molar-refractivity contribution in [1.82, 2.24) is 25.2 Å². The summed E-state index contributed by atoms with van der Waals surface area (Å²) in [4.78, 5) is 29.1. The Labute approximate surface area is 232 Å². The molecule has 3 aromatic rings. The minimum atomic E-state index is -0.255. The molecule has 11 heteroatoms. The number of rotatable bonds is 7. The van der Waals surface area contributed by atoms with Crippen LogP contribution in [0.1, 0.15) is 35.1 Å². The van der Waals surface area contributed by atoms with Crippen molar-refractivity contribution in [3.63, 3.8) is 0 Å². The first-order valence-electron chi connectivity index (χ1n) is 12.8. The van der Waals surface area contributed by atoms with Crippen LogP contribution in [0.3, 0.4) is 0 Å². The molecule has 4 rings (SSSR count). The highest BCUT2D eigenvalue weighted by molar-refractivity contribution is 6.12. The zero-order valence-corrected chi connectivity index (χ0v) is 22.1. The highest BCUT2D eigenvalue weighted by Crippen LogP contribution is 2.22.